The van der Waals surface area contributed by atoms with Crippen molar-refractivity contribution in [2.24, 2.45) is 0 Å². The van der Waals surface area contributed by atoms with E-state index in [4.69, 9.17) is 4.74 Å². The number of nitrogens with one attached hydrogen (secondary N) is 1. The largest absolute Gasteiger partial charge is 0.790 e. The van der Waals surface area contributed by atoms with E-state index in [-0.39, 0.29) is 17.6 Å². The molecular weight excluding hydrogens is 319 g/mol. The van der Waals surface area contributed by atoms with Gasteiger partial charge in [-0.1, -0.05) is 0 Å². The number of phosphoric ester groups is 1. The molecule has 120 valence electrons. The van der Waals surface area contributed by atoms with Crippen molar-refractivity contribution in [3.63, 3.8) is 0 Å². The Labute approximate surface area is 122 Å². The van der Waals surface area contributed by atoms with E-state index in [9.17, 15) is 24.3 Å². The van der Waals surface area contributed by atoms with Gasteiger partial charge in [0, 0.05) is 6.42 Å². The van der Waals surface area contributed by atoms with E-state index >= 15 is 0 Å². The van der Waals surface area contributed by atoms with Crippen LogP contribution < -0.4 is 15.3 Å². The topological polar surface area (TPSA) is 165 Å². The molecule has 2 N–H and O–H groups in total. The summed E-state index contributed by atoms with van der Waals surface area (Å²) in [7, 11) is -5.14. The van der Waals surface area contributed by atoms with Crippen LogP contribution in [0.4, 0.5) is 0 Å². The number of ether oxygens (including phenoxy) is 1. The molecule has 0 radical (unpaired) electrons. The molecule has 3 heterocycles. The molecule has 0 unspecified atom stereocenters. The third-order valence-electron chi connectivity index (χ3n) is 3.28. The zero-order valence-corrected chi connectivity index (χ0v) is 11.9. The van der Waals surface area contributed by atoms with E-state index in [0.29, 0.717) is 0 Å². The Morgan fingerprint density at radius 3 is 3.05 bits per heavy atom. The minimum Gasteiger partial charge on any atom is -0.790 e. The van der Waals surface area contributed by atoms with Crippen LogP contribution in [0.2, 0.25) is 0 Å². The third kappa shape index (κ3) is 2.95. The molecule has 12 heteroatoms. The van der Waals surface area contributed by atoms with Gasteiger partial charge in [0.05, 0.1) is 33.2 Å². The maximum atomic E-state index is 11.6. The van der Waals surface area contributed by atoms with Crippen molar-refractivity contribution < 1.29 is 28.7 Å². The smallest absolute Gasteiger partial charge is 0.278 e. The normalized spacial score (nSPS) is 25.9. The maximum Gasteiger partial charge on any atom is 0.278 e. The number of H-pyrrole nitrogens is 1. The van der Waals surface area contributed by atoms with Crippen molar-refractivity contribution in [1.29, 1.82) is 0 Å². The van der Waals surface area contributed by atoms with Crippen molar-refractivity contribution in [1.82, 2.24) is 19.5 Å². The lowest BCUT2D eigenvalue weighted by Crippen LogP contribution is -2.29. The predicted octanol–water partition coefficient (Wildman–Crippen LogP) is -2.39. The summed E-state index contributed by atoms with van der Waals surface area (Å²) in [5.41, 5.74) is -0.0365. The highest BCUT2D eigenvalue weighted by molar-refractivity contribution is 7.43. The van der Waals surface area contributed by atoms with Crippen molar-refractivity contribution in [2.45, 2.75) is 24.9 Å². The van der Waals surface area contributed by atoms with Crippen LogP contribution in [0.15, 0.2) is 17.4 Å². The van der Waals surface area contributed by atoms with Gasteiger partial charge in [-0.2, -0.15) is 0 Å². The molecular formula is C10H11N4O7P-2. The summed E-state index contributed by atoms with van der Waals surface area (Å²) in [6.07, 6.45) is -0.0764. The molecule has 3 atom stereocenters. The summed E-state index contributed by atoms with van der Waals surface area (Å²) < 4.78 is 21.5. The second-order valence-electron chi connectivity index (χ2n) is 4.73. The summed E-state index contributed by atoms with van der Waals surface area (Å²) in [6.45, 7) is -0.581. The molecule has 11 nitrogen and oxygen atoms in total. The molecule has 0 bridgehead atoms. The Hall–Kier alpha value is -1.62. The Morgan fingerprint density at radius 1 is 1.55 bits per heavy atom. The number of imidazole rings is 1. The van der Waals surface area contributed by atoms with Gasteiger partial charge in [-0.3, -0.25) is 9.36 Å². The molecule has 2 aromatic heterocycles. The zero-order chi connectivity index (χ0) is 15.9. The molecule has 1 saturated heterocycles. The standard InChI is InChI=1S/C10H13N4O7P/c15-5-1-7(21-6(5)2-20-22(17,18)19)14-4-13-8-9(14)11-3-12-10(8)16/h3-7,15H,1-2H2,(H,11,12,16)(H2,17,18,19)/p-2/t5-,6+,7+/m0/s1. The van der Waals surface area contributed by atoms with Gasteiger partial charge in [0.2, 0.25) is 0 Å². The number of aromatic nitrogens is 4. The van der Waals surface area contributed by atoms with Gasteiger partial charge >= 0.3 is 0 Å². The van der Waals surface area contributed by atoms with Crippen LogP contribution in [-0.2, 0) is 13.8 Å². The van der Waals surface area contributed by atoms with Crippen molar-refractivity contribution in [3.05, 3.63) is 23.0 Å². The van der Waals surface area contributed by atoms with Crippen molar-refractivity contribution in [2.75, 3.05) is 6.61 Å². The number of aliphatic hydroxyl groups excluding tert-OH is 1. The summed E-state index contributed by atoms with van der Waals surface area (Å²) in [6, 6.07) is 0. The second kappa shape index (κ2) is 5.54. The number of hydrogen-bond donors (Lipinski definition) is 2. The Balaban J connectivity index is 1.80. The Kier molecular flexibility index (Phi) is 3.85. The number of hydrogen-bond acceptors (Lipinski definition) is 9. The summed E-state index contributed by atoms with van der Waals surface area (Å²) in [5.74, 6) is 0. The first-order chi connectivity index (χ1) is 10.3. The number of rotatable bonds is 4. The summed E-state index contributed by atoms with van der Waals surface area (Å²) >= 11 is 0. The van der Waals surface area contributed by atoms with E-state index < -0.39 is 38.4 Å². The van der Waals surface area contributed by atoms with E-state index in [0.717, 1.165) is 0 Å². The van der Waals surface area contributed by atoms with Gasteiger partial charge < -0.3 is 33.7 Å². The van der Waals surface area contributed by atoms with Gasteiger partial charge in [0.15, 0.2) is 11.2 Å². The second-order valence-corrected chi connectivity index (χ2v) is 5.88. The van der Waals surface area contributed by atoms with Crippen LogP contribution in [0.1, 0.15) is 12.6 Å². The molecule has 2 aromatic rings. The molecule has 0 aromatic carbocycles. The highest BCUT2D eigenvalue weighted by Gasteiger charge is 2.36. The van der Waals surface area contributed by atoms with E-state index in [2.05, 4.69) is 19.5 Å². The fraction of sp³-hybridized carbons (Fsp3) is 0.500. The molecule has 1 aliphatic rings. The van der Waals surface area contributed by atoms with Gasteiger partial charge in [-0.05, 0) is 0 Å². The van der Waals surface area contributed by atoms with Crippen LogP contribution in [0, 0.1) is 0 Å². The first-order valence-electron chi connectivity index (χ1n) is 6.25. The van der Waals surface area contributed by atoms with Gasteiger partial charge in [-0.15, -0.1) is 0 Å². The lowest BCUT2D eigenvalue weighted by molar-refractivity contribution is -0.343. The molecule has 22 heavy (non-hydrogen) atoms. The van der Waals surface area contributed by atoms with E-state index in [1.807, 2.05) is 0 Å². The fourth-order valence-electron chi connectivity index (χ4n) is 2.27. The van der Waals surface area contributed by atoms with Crippen LogP contribution >= 0.6 is 7.82 Å². The Bertz CT molecular complexity index is 783. The van der Waals surface area contributed by atoms with Crippen LogP contribution in [0.5, 0.6) is 0 Å². The maximum absolute atomic E-state index is 11.6. The average molecular weight is 330 g/mol. The molecule has 0 aliphatic carbocycles. The third-order valence-corrected chi connectivity index (χ3v) is 3.74. The number of aromatic amines is 1. The van der Waals surface area contributed by atoms with Gasteiger partial charge in [0.25, 0.3) is 5.56 Å². The molecule has 0 amide bonds. The molecule has 1 fully saturated rings. The monoisotopic (exact) mass is 330 g/mol. The molecule has 3 rings (SSSR count). The zero-order valence-electron chi connectivity index (χ0n) is 11.0. The fourth-order valence-corrected chi connectivity index (χ4v) is 2.60. The number of fused-ring (bicyclic) bond motifs is 1. The quantitative estimate of drug-likeness (QED) is 0.582. The molecule has 0 saturated carbocycles. The van der Waals surface area contributed by atoms with Crippen molar-refractivity contribution >= 4 is 19.0 Å². The molecule has 0 spiro atoms. The molecule has 1 aliphatic heterocycles. The highest BCUT2D eigenvalue weighted by atomic mass is 31.2. The lowest BCUT2D eigenvalue weighted by atomic mass is 10.2. The first kappa shape index (κ1) is 15.3. The highest BCUT2D eigenvalue weighted by Crippen LogP contribution is 2.33. The SMILES string of the molecule is O=c1[nH]cnc2c1ncn2[C@H]1C[C@H](O)[C@@H](COP(=O)([O-])[O-])O1. The summed E-state index contributed by atoms with van der Waals surface area (Å²) in [4.78, 5) is 42.8. The first-order valence-corrected chi connectivity index (χ1v) is 7.71. The predicted molar refractivity (Wildman–Crippen MR) is 66.2 cm³/mol. The average Bonchev–Trinajstić information content (AvgIpc) is 3.00. The lowest BCUT2D eigenvalue weighted by Gasteiger charge is -2.30. The van der Waals surface area contributed by atoms with Crippen LogP contribution in [0.3, 0.4) is 0 Å². The van der Waals surface area contributed by atoms with Crippen LogP contribution in [0.25, 0.3) is 11.2 Å². The summed E-state index contributed by atoms with van der Waals surface area (Å²) in [5, 5.41) is 9.86. The van der Waals surface area contributed by atoms with E-state index in [1.54, 1.807) is 0 Å². The number of aliphatic hydroxyl groups is 1. The van der Waals surface area contributed by atoms with Crippen molar-refractivity contribution in [3.8, 4) is 0 Å². The van der Waals surface area contributed by atoms with Gasteiger partial charge in [-0.25, -0.2) is 9.97 Å². The van der Waals surface area contributed by atoms with Crippen LogP contribution in [-0.4, -0.2) is 43.4 Å². The van der Waals surface area contributed by atoms with Gasteiger partial charge in [0.1, 0.15) is 12.3 Å². The van der Waals surface area contributed by atoms with E-state index in [1.165, 1.54) is 17.2 Å². The minimum absolute atomic E-state index is 0.107. The number of phosphoric acid groups is 1. The Morgan fingerprint density at radius 2 is 2.32 bits per heavy atom. The minimum atomic E-state index is -5.14. The number of nitrogens with zero attached hydrogens (tertiary/aromatic N) is 3.